The molecule has 3 aromatic rings. The largest absolute Gasteiger partial charge is 0.298 e. The van der Waals surface area contributed by atoms with Gasteiger partial charge in [0.1, 0.15) is 0 Å². The zero-order valence-corrected chi connectivity index (χ0v) is 19.1. The van der Waals surface area contributed by atoms with Crippen molar-refractivity contribution in [3.8, 4) is 11.3 Å². The van der Waals surface area contributed by atoms with E-state index < -0.39 is 15.9 Å². The molecule has 2 aromatic carbocycles. The molecule has 31 heavy (non-hydrogen) atoms. The van der Waals surface area contributed by atoms with Crippen LogP contribution in [0.2, 0.25) is 0 Å². The van der Waals surface area contributed by atoms with E-state index in [4.69, 9.17) is 0 Å². The summed E-state index contributed by atoms with van der Waals surface area (Å²) in [6.07, 6.45) is 0. The number of thiazole rings is 1. The van der Waals surface area contributed by atoms with Gasteiger partial charge in [-0.25, -0.2) is 13.4 Å². The molecular weight excluding hydrogens is 434 g/mol. The van der Waals surface area contributed by atoms with Crippen LogP contribution >= 0.6 is 11.3 Å². The average molecular weight is 458 g/mol. The molecule has 0 radical (unpaired) electrons. The summed E-state index contributed by atoms with van der Waals surface area (Å²) in [5.74, 6) is -0.571. The number of aromatic nitrogens is 1. The van der Waals surface area contributed by atoms with Crippen LogP contribution in [0.5, 0.6) is 0 Å². The molecule has 0 bridgehead atoms. The van der Waals surface area contributed by atoms with Crippen molar-refractivity contribution in [2.75, 3.05) is 18.4 Å². The molecule has 0 aliphatic rings. The van der Waals surface area contributed by atoms with E-state index >= 15 is 0 Å². The fraction of sp³-hybridized carbons (Fsp3) is 0.227. The topological polar surface area (TPSA) is 96.4 Å². The number of amides is 1. The van der Waals surface area contributed by atoms with E-state index in [1.165, 1.54) is 35.5 Å². The molecule has 1 N–H and O–H groups in total. The molecule has 1 aromatic heterocycles. The number of hydrogen-bond donors (Lipinski definition) is 1. The first-order valence-corrected chi connectivity index (χ1v) is 12.0. The molecule has 0 aliphatic heterocycles. The summed E-state index contributed by atoms with van der Waals surface area (Å²) in [4.78, 5) is 29.7. The van der Waals surface area contributed by atoms with Crippen LogP contribution in [0.4, 0.5) is 5.13 Å². The second-order valence-corrected chi connectivity index (χ2v) is 9.62. The number of hydrogen-bond acceptors (Lipinski definition) is 6. The molecule has 0 saturated carbocycles. The minimum Gasteiger partial charge on any atom is -0.298 e. The molecule has 0 saturated heterocycles. The molecule has 7 nitrogen and oxygen atoms in total. The Morgan fingerprint density at radius 1 is 1.00 bits per heavy atom. The quantitative estimate of drug-likeness (QED) is 0.509. The zero-order valence-electron chi connectivity index (χ0n) is 17.5. The maximum absolute atomic E-state index is 12.7. The van der Waals surface area contributed by atoms with Gasteiger partial charge in [-0.3, -0.25) is 14.9 Å². The third-order valence-electron chi connectivity index (χ3n) is 4.67. The van der Waals surface area contributed by atoms with Gasteiger partial charge >= 0.3 is 0 Å². The van der Waals surface area contributed by atoms with Crippen LogP contribution in [-0.4, -0.2) is 42.5 Å². The van der Waals surface area contributed by atoms with Gasteiger partial charge < -0.3 is 0 Å². The minimum atomic E-state index is -3.59. The van der Waals surface area contributed by atoms with Gasteiger partial charge in [0.2, 0.25) is 10.0 Å². The lowest BCUT2D eigenvalue weighted by Gasteiger charge is -2.18. The highest BCUT2D eigenvalue weighted by atomic mass is 32.2. The van der Waals surface area contributed by atoms with Crippen molar-refractivity contribution in [2.45, 2.75) is 25.7 Å². The molecule has 3 rings (SSSR count). The highest BCUT2D eigenvalue weighted by molar-refractivity contribution is 7.89. The Labute approximate surface area is 185 Å². The zero-order chi connectivity index (χ0) is 22.6. The molecule has 0 aliphatic carbocycles. The number of sulfonamides is 1. The van der Waals surface area contributed by atoms with Crippen LogP contribution < -0.4 is 5.32 Å². The second kappa shape index (κ2) is 9.51. The SMILES string of the molecule is CCN(CC)S(=O)(=O)c1ccc(C(=O)Nc2nc(-c3ccccc3)c(C(C)=O)s2)cc1. The standard InChI is InChI=1S/C22H23N3O4S2/c1-4-25(5-2)31(28,29)18-13-11-17(12-14-18)21(27)24-22-23-19(20(30-22)15(3)26)16-9-7-6-8-10-16/h6-14H,4-5H2,1-3H3,(H,23,24,27). The fourth-order valence-electron chi connectivity index (χ4n) is 3.06. The lowest BCUT2D eigenvalue weighted by Crippen LogP contribution is -2.30. The Morgan fingerprint density at radius 2 is 1.61 bits per heavy atom. The highest BCUT2D eigenvalue weighted by Crippen LogP contribution is 2.31. The molecule has 0 unspecified atom stereocenters. The average Bonchev–Trinajstić information content (AvgIpc) is 3.19. The summed E-state index contributed by atoms with van der Waals surface area (Å²) in [5, 5.41) is 3.00. The first-order valence-electron chi connectivity index (χ1n) is 9.76. The Kier molecular flexibility index (Phi) is 6.99. The third-order valence-corrected chi connectivity index (χ3v) is 7.81. The van der Waals surface area contributed by atoms with E-state index in [1.54, 1.807) is 13.8 Å². The van der Waals surface area contributed by atoms with Crippen LogP contribution in [-0.2, 0) is 10.0 Å². The van der Waals surface area contributed by atoms with Crippen LogP contribution in [0.25, 0.3) is 11.3 Å². The number of ketones is 1. The van der Waals surface area contributed by atoms with Crippen molar-refractivity contribution in [1.29, 1.82) is 0 Å². The van der Waals surface area contributed by atoms with Crippen molar-refractivity contribution in [1.82, 2.24) is 9.29 Å². The van der Waals surface area contributed by atoms with Crippen LogP contribution in [0, 0.1) is 0 Å². The smallest absolute Gasteiger partial charge is 0.257 e. The van der Waals surface area contributed by atoms with Gasteiger partial charge in [-0.2, -0.15) is 4.31 Å². The Bertz CT molecular complexity index is 1180. The third kappa shape index (κ3) is 4.90. The Balaban J connectivity index is 1.83. The molecule has 1 heterocycles. The van der Waals surface area contributed by atoms with Crippen LogP contribution in [0.3, 0.4) is 0 Å². The van der Waals surface area contributed by atoms with Gasteiger partial charge in [0, 0.05) is 31.1 Å². The summed E-state index contributed by atoms with van der Waals surface area (Å²) in [5.41, 5.74) is 1.60. The van der Waals surface area contributed by atoms with Crippen LogP contribution in [0.15, 0.2) is 59.5 Å². The first-order chi connectivity index (χ1) is 14.8. The molecule has 0 fully saturated rings. The normalized spacial score (nSPS) is 11.5. The summed E-state index contributed by atoms with van der Waals surface area (Å²) in [7, 11) is -3.59. The van der Waals surface area contributed by atoms with E-state index in [-0.39, 0.29) is 10.7 Å². The number of carbonyl (C=O) groups excluding carboxylic acids is 2. The maximum Gasteiger partial charge on any atom is 0.257 e. The number of rotatable bonds is 8. The maximum atomic E-state index is 12.7. The van der Waals surface area contributed by atoms with E-state index in [2.05, 4.69) is 10.3 Å². The van der Waals surface area contributed by atoms with Crippen molar-refractivity contribution in [2.24, 2.45) is 0 Å². The molecule has 9 heteroatoms. The lowest BCUT2D eigenvalue weighted by atomic mass is 10.1. The number of benzene rings is 2. The fourth-order valence-corrected chi connectivity index (χ4v) is 5.40. The predicted molar refractivity (Wildman–Crippen MR) is 122 cm³/mol. The van der Waals surface area contributed by atoms with Crippen LogP contribution in [0.1, 0.15) is 40.8 Å². The number of nitrogens with zero attached hydrogens (tertiary/aromatic N) is 2. The number of nitrogens with one attached hydrogen (secondary N) is 1. The monoisotopic (exact) mass is 457 g/mol. The molecular formula is C22H23N3O4S2. The van der Waals surface area contributed by atoms with Crippen molar-refractivity contribution < 1.29 is 18.0 Å². The lowest BCUT2D eigenvalue weighted by molar-refractivity contribution is 0.101. The molecule has 1 amide bonds. The summed E-state index contributed by atoms with van der Waals surface area (Å²) < 4.78 is 26.5. The van der Waals surface area contributed by atoms with Gasteiger partial charge in [0.15, 0.2) is 10.9 Å². The van der Waals surface area contributed by atoms with Crippen molar-refractivity contribution in [3.63, 3.8) is 0 Å². The second-order valence-electron chi connectivity index (χ2n) is 6.69. The summed E-state index contributed by atoms with van der Waals surface area (Å²) in [6.45, 7) is 5.74. The summed E-state index contributed by atoms with van der Waals surface area (Å²) in [6, 6.07) is 15.0. The number of Topliss-reactive ketones (excluding diaryl/α,β-unsaturated/α-hetero) is 1. The van der Waals surface area contributed by atoms with Crippen molar-refractivity contribution in [3.05, 3.63) is 65.0 Å². The molecule has 0 atom stereocenters. The van der Waals surface area contributed by atoms with Crippen molar-refractivity contribution >= 4 is 38.2 Å². The number of carbonyl (C=O) groups is 2. The van der Waals surface area contributed by atoms with Gasteiger partial charge in [0.25, 0.3) is 5.91 Å². The summed E-state index contributed by atoms with van der Waals surface area (Å²) >= 11 is 1.11. The Morgan fingerprint density at radius 3 is 2.16 bits per heavy atom. The van der Waals surface area contributed by atoms with E-state index in [9.17, 15) is 18.0 Å². The van der Waals surface area contributed by atoms with Gasteiger partial charge in [0.05, 0.1) is 15.5 Å². The van der Waals surface area contributed by atoms with Gasteiger partial charge in [-0.1, -0.05) is 55.5 Å². The predicted octanol–water partition coefficient (Wildman–Crippen LogP) is 4.30. The molecule has 0 spiro atoms. The van der Waals surface area contributed by atoms with E-state index in [1.807, 2.05) is 30.3 Å². The molecule has 162 valence electrons. The van der Waals surface area contributed by atoms with Gasteiger partial charge in [-0.05, 0) is 24.3 Å². The number of anilines is 1. The van der Waals surface area contributed by atoms with Gasteiger partial charge in [-0.15, -0.1) is 0 Å². The first kappa shape index (κ1) is 22.8. The van der Waals surface area contributed by atoms with E-state index in [0.29, 0.717) is 34.4 Å². The highest BCUT2D eigenvalue weighted by Gasteiger charge is 2.22. The van der Waals surface area contributed by atoms with E-state index in [0.717, 1.165) is 16.9 Å². The minimum absolute atomic E-state index is 0.132. The Hall–Kier alpha value is -2.88.